The van der Waals surface area contributed by atoms with Crippen LogP contribution in [0, 0.1) is 0 Å². The largest absolute Gasteiger partial charge is 0.504 e. The van der Waals surface area contributed by atoms with Crippen molar-refractivity contribution in [3.8, 4) is 23.0 Å². The molecule has 0 spiro atoms. The van der Waals surface area contributed by atoms with Crippen molar-refractivity contribution in [1.82, 2.24) is 0 Å². The van der Waals surface area contributed by atoms with E-state index in [4.69, 9.17) is 0 Å². The first kappa shape index (κ1) is 14.6. The van der Waals surface area contributed by atoms with Gasteiger partial charge in [-0.1, -0.05) is 31.4 Å². The van der Waals surface area contributed by atoms with E-state index < -0.39 is 0 Å². The Morgan fingerprint density at radius 1 is 0.591 bits per heavy atom. The van der Waals surface area contributed by atoms with Gasteiger partial charge >= 0.3 is 0 Å². The Kier molecular flexibility index (Phi) is 3.61. The van der Waals surface area contributed by atoms with Gasteiger partial charge in [0, 0.05) is 5.41 Å². The van der Waals surface area contributed by atoms with E-state index in [9.17, 15) is 20.4 Å². The molecule has 0 saturated heterocycles. The van der Waals surface area contributed by atoms with Gasteiger partial charge in [-0.05, 0) is 48.2 Å². The lowest BCUT2D eigenvalue weighted by molar-refractivity contribution is 0.339. The van der Waals surface area contributed by atoms with Gasteiger partial charge in [0.05, 0.1) is 0 Å². The summed E-state index contributed by atoms with van der Waals surface area (Å²) in [4.78, 5) is 0. The highest BCUT2D eigenvalue weighted by Crippen LogP contribution is 2.47. The van der Waals surface area contributed by atoms with Crippen LogP contribution in [-0.2, 0) is 5.41 Å². The van der Waals surface area contributed by atoms with Crippen molar-refractivity contribution in [2.75, 3.05) is 0 Å². The summed E-state index contributed by atoms with van der Waals surface area (Å²) >= 11 is 0. The number of hydrogen-bond acceptors (Lipinski definition) is 4. The molecule has 4 nitrogen and oxygen atoms in total. The van der Waals surface area contributed by atoms with Crippen molar-refractivity contribution in [2.45, 2.75) is 37.5 Å². The molecule has 4 heteroatoms. The van der Waals surface area contributed by atoms with Gasteiger partial charge in [-0.15, -0.1) is 0 Å². The minimum atomic E-state index is -0.311. The van der Waals surface area contributed by atoms with E-state index in [2.05, 4.69) is 0 Å². The van der Waals surface area contributed by atoms with E-state index in [-0.39, 0.29) is 28.4 Å². The predicted molar refractivity (Wildman–Crippen MR) is 83.4 cm³/mol. The van der Waals surface area contributed by atoms with E-state index in [1.165, 1.54) is 12.1 Å². The lowest BCUT2D eigenvalue weighted by Gasteiger charge is -2.38. The zero-order chi connectivity index (χ0) is 15.7. The van der Waals surface area contributed by atoms with Crippen LogP contribution in [0.5, 0.6) is 23.0 Å². The minimum Gasteiger partial charge on any atom is -0.504 e. The first-order valence-corrected chi connectivity index (χ1v) is 7.58. The van der Waals surface area contributed by atoms with Gasteiger partial charge in [-0.2, -0.15) is 0 Å². The zero-order valence-corrected chi connectivity index (χ0v) is 12.3. The molecule has 0 atom stereocenters. The first-order valence-electron chi connectivity index (χ1n) is 7.58. The van der Waals surface area contributed by atoms with Crippen molar-refractivity contribution in [1.29, 1.82) is 0 Å². The Morgan fingerprint density at radius 3 is 1.45 bits per heavy atom. The van der Waals surface area contributed by atoms with Crippen molar-refractivity contribution in [3.63, 3.8) is 0 Å². The molecule has 0 heterocycles. The second-order valence-corrected chi connectivity index (χ2v) is 6.05. The third kappa shape index (κ3) is 2.34. The molecular formula is C18H20O4. The molecular weight excluding hydrogens is 280 g/mol. The van der Waals surface area contributed by atoms with Gasteiger partial charge < -0.3 is 20.4 Å². The highest BCUT2D eigenvalue weighted by Gasteiger charge is 2.36. The van der Waals surface area contributed by atoms with Crippen LogP contribution in [-0.4, -0.2) is 20.4 Å². The maximum atomic E-state index is 9.85. The number of phenols is 4. The molecule has 4 N–H and O–H groups in total. The smallest absolute Gasteiger partial charge is 0.157 e. The van der Waals surface area contributed by atoms with E-state index in [0.29, 0.717) is 0 Å². The average molecular weight is 300 g/mol. The molecule has 0 unspecified atom stereocenters. The summed E-state index contributed by atoms with van der Waals surface area (Å²) < 4.78 is 0. The summed E-state index contributed by atoms with van der Waals surface area (Å²) in [6.45, 7) is 0. The second-order valence-electron chi connectivity index (χ2n) is 6.05. The van der Waals surface area contributed by atoms with Gasteiger partial charge in [-0.3, -0.25) is 0 Å². The maximum absolute atomic E-state index is 9.85. The molecule has 0 radical (unpaired) electrons. The van der Waals surface area contributed by atoms with Crippen molar-refractivity contribution in [2.24, 2.45) is 0 Å². The number of aromatic hydroxyl groups is 4. The molecule has 0 amide bonds. The third-order valence-corrected chi connectivity index (χ3v) is 4.76. The van der Waals surface area contributed by atoms with Crippen LogP contribution in [0.2, 0.25) is 0 Å². The molecule has 0 bridgehead atoms. The Hall–Kier alpha value is -2.36. The summed E-state index contributed by atoms with van der Waals surface area (Å²) in [7, 11) is 0. The standard InChI is InChI=1S/C18H20O4/c19-14-6-4-12(10-16(14)21)18(8-2-1-3-9-18)13-5-7-15(20)17(22)11-13/h4-7,10-11,19-22H,1-3,8-9H2. The molecule has 1 aliphatic carbocycles. The quantitative estimate of drug-likeness (QED) is 0.637. The fourth-order valence-corrected chi connectivity index (χ4v) is 3.54. The Morgan fingerprint density at radius 2 is 1.05 bits per heavy atom. The van der Waals surface area contributed by atoms with E-state index in [0.717, 1.165) is 43.2 Å². The van der Waals surface area contributed by atoms with E-state index in [1.54, 1.807) is 12.1 Å². The molecule has 0 aliphatic heterocycles. The Bertz CT molecular complexity index is 634. The van der Waals surface area contributed by atoms with Crippen LogP contribution in [0.4, 0.5) is 0 Å². The van der Waals surface area contributed by atoms with Crippen LogP contribution in [0.15, 0.2) is 36.4 Å². The van der Waals surface area contributed by atoms with E-state index in [1.807, 2.05) is 12.1 Å². The lowest BCUT2D eigenvalue weighted by atomic mass is 9.65. The first-order chi connectivity index (χ1) is 10.5. The Labute approximate surface area is 129 Å². The minimum absolute atomic E-state index is 0.134. The maximum Gasteiger partial charge on any atom is 0.157 e. The van der Waals surface area contributed by atoms with Crippen LogP contribution in [0.25, 0.3) is 0 Å². The number of hydrogen-bond donors (Lipinski definition) is 4. The SMILES string of the molecule is Oc1ccc(C2(c3ccc(O)c(O)c3)CCCCC2)cc1O. The van der Waals surface area contributed by atoms with Crippen LogP contribution < -0.4 is 0 Å². The summed E-state index contributed by atoms with van der Waals surface area (Å²) in [5, 5.41) is 38.8. The summed E-state index contributed by atoms with van der Waals surface area (Å²) in [6.07, 6.45) is 5.09. The van der Waals surface area contributed by atoms with Crippen LogP contribution in [0.3, 0.4) is 0 Å². The highest BCUT2D eigenvalue weighted by atomic mass is 16.3. The molecule has 116 valence electrons. The molecule has 2 aromatic carbocycles. The molecule has 1 saturated carbocycles. The zero-order valence-electron chi connectivity index (χ0n) is 12.3. The number of rotatable bonds is 2. The highest BCUT2D eigenvalue weighted by molar-refractivity contribution is 5.51. The fourth-order valence-electron chi connectivity index (χ4n) is 3.54. The molecule has 1 aliphatic rings. The number of benzene rings is 2. The van der Waals surface area contributed by atoms with Gasteiger partial charge in [0.2, 0.25) is 0 Å². The van der Waals surface area contributed by atoms with Crippen molar-refractivity contribution in [3.05, 3.63) is 47.5 Å². The second kappa shape index (κ2) is 5.44. The molecule has 1 fully saturated rings. The molecule has 3 rings (SSSR count). The topological polar surface area (TPSA) is 80.9 Å². The molecule has 22 heavy (non-hydrogen) atoms. The predicted octanol–water partition coefficient (Wildman–Crippen LogP) is 3.76. The average Bonchev–Trinajstić information content (AvgIpc) is 2.53. The van der Waals surface area contributed by atoms with Crippen LogP contribution in [0.1, 0.15) is 43.2 Å². The summed E-state index contributed by atoms with van der Waals surface area (Å²) in [6, 6.07) is 9.85. The van der Waals surface area contributed by atoms with Crippen LogP contribution >= 0.6 is 0 Å². The van der Waals surface area contributed by atoms with Gasteiger partial charge in [-0.25, -0.2) is 0 Å². The fraction of sp³-hybridized carbons (Fsp3) is 0.333. The third-order valence-electron chi connectivity index (χ3n) is 4.76. The van der Waals surface area contributed by atoms with Crippen molar-refractivity contribution < 1.29 is 20.4 Å². The normalized spacial score (nSPS) is 17.3. The molecule has 2 aromatic rings. The number of phenolic OH excluding ortho intramolecular Hbond substituents is 4. The van der Waals surface area contributed by atoms with Gasteiger partial charge in [0.1, 0.15) is 0 Å². The monoisotopic (exact) mass is 300 g/mol. The van der Waals surface area contributed by atoms with Crippen molar-refractivity contribution >= 4 is 0 Å². The summed E-state index contributed by atoms with van der Waals surface area (Å²) in [5.41, 5.74) is 1.54. The summed E-state index contributed by atoms with van der Waals surface area (Å²) in [5.74, 6) is -0.539. The lowest BCUT2D eigenvalue weighted by Crippen LogP contribution is -2.30. The van der Waals surface area contributed by atoms with Gasteiger partial charge in [0.25, 0.3) is 0 Å². The Balaban J connectivity index is 2.15. The molecule has 0 aromatic heterocycles. The van der Waals surface area contributed by atoms with E-state index >= 15 is 0 Å². The van der Waals surface area contributed by atoms with Gasteiger partial charge in [0.15, 0.2) is 23.0 Å².